The van der Waals surface area contributed by atoms with Gasteiger partial charge in [-0.25, -0.2) is 0 Å². The fourth-order valence-electron chi connectivity index (χ4n) is 2.69. The maximum absolute atomic E-state index is 11.3. The molecule has 1 aromatic rings. The van der Waals surface area contributed by atoms with Gasteiger partial charge in [0.25, 0.3) is 0 Å². The summed E-state index contributed by atoms with van der Waals surface area (Å²) >= 11 is 0. The van der Waals surface area contributed by atoms with Gasteiger partial charge in [0.05, 0.1) is 0 Å². The first-order valence-corrected chi connectivity index (χ1v) is 6.38. The van der Waals surface area contributed by atoms with Crippen LogP contribution < -0.4 is 5.32 Å². The Balaban J connectivity index is 2.20. The van der Waals surface area contributed by atoms with Crippen molar-refractivity contribution < 1.29 is 4.79 Å². The van der Waals surface area contributed by atoms with E-state index in [1.807, 2.05) is 0 Å². The van der Waals surface area contributed by atoms with Crippen molar-refractivity contribution in [3.05, 3.63) is 34.9 Å². The van der Waals surface area contributed by atoms with Gasteiger partial charge in [-0.1, -0.05) is 18.2 Å². The summed E-state index contributed by atoms with van der Waals surface area (Å²) in [6, 6.07) is 7.01. The number of Topliss-reactive ketones (excluding diaryl/α,β-unsaturated/α-hetero) is 1. The fraction of sp³-hybridized carbons (Fsp3) is 0.533. The van der Waals surface area contributed by atoms with Crippen molar-refractivity contribution in [2.24, 2.45) is 0 Å². The summed E-state index contributed by atoms with van der Waals surface area (Å²) in [6.45, 7) is 6.99. The molecule has 0 spiro atoms. The number of hydrogen-bond acceptors (Lipinski definition) is 2. The highest BCUT2D eigenvalue weighted by molar-refractivity contribution is 5.76. The molecule has 1 aliphatic rings. The van der Waals surface area contributed by atoms with Crippen molar-refractivity contribution >= 4 is 5.78 Å². The molecule has 1 aliphatic heterocycles. The molecule has 1 heterocycles. The van der Waals surface area contributed by atoms with Crippen LogP contribution >= 0.6 is 0 Å². The molecule has 2 atom stereocenters. The van der Waals surface area contributed by atoms with Crippen LogP contribution in [-0.4, -0.2) is 18.4 Å². The smallest absolute Gasteiger partial charge is 0.131 e. The van der Waals surface area contributed by atoms with E-state index < -0.39 is 0 Å². The minimum absolute atomic E-state index is 0.276. The molecular formula is C15H21NO. The van der Waals surface area contributed by atoms with Gasteiger partial charge in [-0.2, -0.15) is 0 Å². The Morgan fingerprint density at radius 1 is 1.35 bits per heavy atom. The summed E-state index contributed by atoms with van der Waals surface area (Å²) in [7, 11) is 0. The number of carbonyl (C=O) groups excluding carboxylic acids is 1. The summed E-state index contributed by atoms with van der Waals surface area (Å²) in [4.78, 5) is 11.3. The Kier molecular flexibility index (Phi) is 3.63. The third-order valence-electron chi connectivity index (χ3n) is 3.81. The zero-order valence-electron chi connectivity index (χ0n) is 10.9. The minimum atomic E-state index is 0.276. The van der Waals surface area contributed by atoms with E-state index in [1.54, 1.807) is 6.92 Å². The second-order valence-electron chi connectivity index (χ2n) is 5.21. The lowest BCUT2D eigenvalue weighted by Crippen LogP contribution is -2.28. The number of carbonyl (C=O) groups is 1. The Morgan fingerprint density at radius 3 is 2.76 bits per heavy atom. The van der Waals surface area contributed by atoms with Gasteiger partial charge in [0.1, 0.15) is 5.78 Å². The second kappa shape index (κ2) is 5.01. The van der Waals surface area contributed by atoms with Gasteiger partial charge in [-0.3, -0.25) is 4.79 Å². The van der Waals surface area contributed by atoms with Gasteiger partial charge < -0.3 is 5.32 Å². The number of rotatable bonds is 3. The fourth-order valence-corrected chi connectivity index (χ4v) is 2.69. The van der Waals surface area contributed by atoms with E-state index in [4.69, 9.17) is 0 Å². The van der Waals surface area contributed by atoms with Crippen LogP contribution in [0.15, 0.2) is 18.2 Å². The number of ketones is 1. The van der Waals surface area contributed by atoms with Crippen molar-refractivity contribution in [3.63, 3.8) is 0 Å². The zero-order valence-corrected chi connectivity index (χ0v) is 10.9. The predicted octanol–water partition coefficient (Wildman–Crippen LogP) is 2.73. The standard InChI is InChI=1S/C15H21NO/c1-10-4-5-13(8-11(10)2)14-6-7-16-15(14)9-12(3)17/h4-5,8,14-16H,6-7,9H2,1-3H3. The molecule has 2 rings (SSSR count). The quantitative estimate of drug-likeness (QED) is 0.866. The van der Waals surface area contributed by atoms with Crippen LogP contribution in [0.3, 0.4) is 0 Å². The minimum Gasteiger partial charge on any atom is -0.313 e. The number of hydrogen-bond donors (Lipinski definition) is 1. The van der Waals surface area contributed by atoms with Crippen molar-refractivity contribution in [1.82, 2.24) is 5.32 Å². The van der Waals surface area contributed by atoms with Crippen LogP contribution in [0.1, 0.15) is 42.4 Å². The predicted molar refractivity (Wildman–Crippen MR) is 70.4 cm³/mol. The summed E-state index contributed by atoms with van der Waals surface area (Å²) in [5.41, 5.74) is 4.06. The van der Waals surface area contributed by atoms with Crippen LogP contribution in [0.5, 0.6) is 0 Å². The normalized spacial score (nSPS) is 23.9. The van der Waals surface area contributed by atoms with E-state index in [2.05, 4.69) is 37.4 Å². The Morgan fingerprint density at radius 2 is 2.12 bits per heavy atom. The van der Waals surface area contributed by atoms with Crippen LogP contribution in [0, 0.1) is 13.8 Å². The van der Waals surface area contributed by atoms with Crippen LogP contribution in [-0.2, 0) is 4.79 Å². The average molecular weight is 231 g/mol. The molecule has 1 aromatic carbocycles. The van der Waals surface area contributed by atoms with Crippen LogP contribution in [0.2, 0.25) is 0 Å². The monoisotopic (exact) mass is 231 g/mol. The highest BCUT2D eigenvalue weighted by Crippen LogP contribution is 2.30. The number of nitrogens with one attached hydrogen (secondary N) is 1. The van der Waals surface area contributed by atoms with Crippen LogP contribution in [0.25, 0.3) is 0 Å². The molecule has 17 heavy (non-hydrogen) atoms. The van der Waals surface area contributed by atoms with E-state index in [1.165, 1.54) is 16.7 Å². The SMILES string of the molecule is CC(=O)CC1NCCC1c1ccc(C)c(C)c1. The molecule has 2 nitrogen and oxygen atoms in total. The van der Waals surface area contributed by atoms with E-state index in [9.17, 15) is 4.79 Å². The lowest BCUT2D eigenvalue weighted by atomic mass is 9.88. The molecule has 0 bridgehead atoms. The van der Waals surface area contributed by atoms with Crippen molar-refractivity contribution in [3.8, 4) is 0 Å². The van der Waals surface area contributed by atoms with Gasteiger partial charge in [0, 0.05) is 18.4 Å². The van der Waals surface area contributed by atoms with E-state index >= 15 is 0 Å². The first-order valence-electron chi connectivity index (χ1n) is 6.38. The van der Waals surface area contributed by atoms with Gasteiger partial charge in [0.15, 0.2) is 0 Å². The van der Waals surface area contributed by atoms with Crippen molar-refractivity contribution in [1.29, 1.82) is 0 Å². The summed E-state index contributed by atoms with van der Waals surface area (Å²) in [5, 5.41) is 3.45. The molecule has 1 fully saturated rings. The molecule has 1 N–H and O–H groups in total. The lowest BCUT2D eigenvalue weighted by Gasteiger charge is -2.19. The topological polar surface area (TPSA) is 29.1 Å². The summed E-state index contributed by atoms with van der Waals surface area (Å²) in [5.74, 6) is 0.774. The third kappa shape index (κ3) is 2.75. The highest BCUT2D eigenvalue weighted by atomic mass is 16.1. The largest absolute Gasteiger partial charge is 0.313 e. The Bertz CT molecular complexity index is 425. The molecule has 0 aliphatic carbocycles. The molecule has 92 valence electrons. The number of aryl methyl sites for hydroxylation is 2. The average Bonchev–Trinajstić information content (AvgIpc) is 2.69. The lowest BCUT2D eigenvalue weighted by molar-refractivity contribution is -0.117. The molecule has 0 saturated carbocycles. The molecular weight excluding hydrogens is 210 g/mol. The second-order valence-corrected chi connectivity index (χ2v) is 5.21. The molecule has 2 unspecified atom stereocenters. The van der Waals surface area contributed by atoms with Crippen LogP contribution in [0.4, 0.5) is 0 Å². The van der Waals surface area contributed by atoms with E-state index in [0.717, 1.165) is 13.0 Å². The van der Waals surface area contributed by atoms with Gasteiger partial charge in [-0.05, 0) is 50.4 Å². The molecule has 0 radical (unpaired) electrons. The third-order valence-corrected chi connectivity index (χ3v) is 3.81. The Hall–Kier alpha value is -1.15. The van der Waals surface area contributed by atoms with Crippen molar-refractivity contribution in [2.75, 3.05) is 6.54 Å². The molecule has 2 heteroatoms. The Labute approximate surface area is 103 Å². The highest BCUT2D eigenvalue weighted by Gasteiger charge is 2.28. The van der Waals surface area contributed by atoms with Gasteiger partial charge in [0.2, 0.25) is 0 Å². The van der Waals surface area contributed by atoms with E-state index in [0.29, 0.717) is 18.4 Å². The molecule has 0 aromatic heterocycles. The van der Waals surface area contributed by atoms with Gasteiger partial charge >= 0.3 is 0 Å². The zero-order chi connectivity index (χ0) is 12.4. The summed E-state index contributed by atoms with van der Waals surface area (Å²) < 4.78 is 0. The first-order chi connectivity index (χ1) is 8.08. The van der Waals surface area contributed by atoms with Crippen molar-refractivity contribution in [2.45, 2.75) is 45.6 Å². The number of benzene rings is 1. The maximum Gasteiger partial charge on any atom is 0.131 e. The maximum atomic E-state index is 11.3. The summed E-state index contributed by atoms with van der Waals surface area (Å²) in [6.07, 6.45) is 1.79. The molecule has 0 amide bonds. The van der Waals surface area contributed by atoms with Gasteiger partial charge in [-0.15, -0.1) is 0 Å². The molecule has 1 saturated heterocycles. The van der Waals surface area contributed by atoms with E-state index in [-0.39, 0.29) is 5.78 Å². The first kappa shape index (κ1) is 12.3.